The Morgan fingerprint density at radius 2 is 1.94 bits per heavy atom. The molecule has 1 amide bonds. The number of benzene rings is 1. The largest absolute Gasteiger partial charge is 0.378 e. The van der Waals surface area contributed by atoms with Crippen LogP contribution in [-0.4, -0.2) is 63.3 Å². The van der Waals surface area contributed by atoms with E-state index in [1.54, 1.807) is 0 Å². The summed E-state index contributed by atoms with van der Waals surface area (Å²) in [5, 5.41) is 4.64. The van der Waals surface area contributed by atoms with Crippen LogP contribution in [0.5, 0.6) is 0 Å². The molecule has 0 bridgehead atoms. The molecule has 0 N–H and O–H groups in total. The summed E-state index contributed by atoms with van der Waals surface area (Å²) >= 11 is 0. The van der Waals surface area contributed by atoms with Crippen LogP contribution in [-0.2, 0) is 29.7 Å². The highest BCUT2D eigenvalue weighted by atomic mass is 16.5. The molecule has 160 valence electrons. The second-order valence-electron chi connectivity index (χ2n) is 8.29. The van der Waals surface area contributed by atoms with Gasteiger partial charge in [0, 0.05) is 63.3 Å². The molecule has 0 aliphatic carbocycles. The van der Waals surface area contributed by atoms with E-state index in [1.165, 1.54) is 5.56 Å². The standard InChI is InChI=1S/C24H27N5O2/c1-27-15-20-16-28(14-18-5-7-19(8-6-18)22-4-2-3-9-25-22)17-21(23(20)26-27)24(30)29-10-12-31-13-11-29/h2-9,15,21H,10-14,16-17H2,1H3/t21-/m0/s1. The fourth-order valence-corrected chi connectivity index (χ4v) is 4.51. The molecule has 7 heteroatoms. The van der Waals surface area contributed by atoms with Gasteiger partial charge in [0.2, 0.25) is 5.91 Å². The molecule has 1 saturated heterocycles. The van der Waals surface area contributed by atoms with Gasteiger partial charge in [-0.25, -0.2) is 0 Å². The number of fused-ring (bicyclic) bond motifs is 1. The van der Waals surface area contributed by atoms with Crippen molar-refractivity contribution in [1.82, 2.24) is 24.6 Å². The zero-order valence-corrected chi connectivity index (χ0v) is 17.8. The van der Waals surface area contributed by atoms with E-state index in [1.807, 2.05) is 47.2 Å². The highest BCUT2D eigenvalue weighted by Crippen LogP contribution is 2.30. The van der Waals surface area contributed by atoms with Gasteiger partial charge in [-0.3, -0.25) is 19.4 Å². The van der Waals surface area contributed by atoms with E-state index < -0.39 is 0 Å². The summed E-state index contributed by atoms with van der Waals surface area (Å²) < 4.78 is 7.25. The maximum Gasteiger partial charge on any atom is 0.233 e. The third-order valence-electron chi connectivity index (χ3n) is 6.04. The van der Waals surface area contributed by atoms with Gasteiger partial charge in [-0.15, -0.1) is 0 Å². The number of hydrogen-bond acceptors (Lipinski definition) is 5. The van der Waals surface area contributed by atoms with Gasteiger partial charge in [-0.05, 0) is 17.7 Å². The predicted octanol–water partition coefficient (Wildman–Crippen LogP) is 2.44. The predicted molar refractivity (Wildman–Crippen MR) is 117 cm³/mol. The molecule has 1 aromatic carbocycles. The quantitative estimate of drug-likeness (QED) is 0.653. The first-order chi connectivity index (χ1) is 15.2. The number of amides is 1. The molecule has 2 aliphatic heterocycles. The monoisotopic (exact) mass is 417 g/mol. The first kappa shape index (κ1) is 19.9. The molecule has 2 aromatic heterocycles. The molecule has 7 nitrogen and oxygen atoms in total. The minimum Gasteiger partial charge on any atom is -0.378 e. The van der Waals surface area contributed by atoms with Crippen molar-refractivity contribution < 1.29 is 9.53 Å². The van der Waals surface area contributed by atoms with Gasteiger partial charge in [-0.1, -0.05) is 30.3 Å². The topological polar surface area (TPSA) is 63.5 Å². The van der Waals surface area contributed by atoms with Crippen molar-refractivity contribution >= 4 is 5.91 Å². The zero-order valence-electron chi connectivity index (χ0n) is 17.8. The van der Waals surface area contributed by atoms with Crippen molar-refractivity contribution in [3.63, 3.8) is 0 Å². The van der Waals surface area contributed by atoms with Crippen LogP contribution in [0.2, 0.25) is 0 Å². The number of carbonyl (C=O) groups excluding carboxylic acids is 1. The molecule has 0 saturated carbocycles. The fraction of sp³-hybridized carbons (Fsp3) is 0.375. The van der Waals surface area contributed by atoms with Crippen molar-refractivity contribution in [2.45, 2.75) is 19.0 Å². The lowest BCUT2D eigenvalue weighted by Gasteiger charge is -2.35. The zero-order chi connectivity index (χ0) is 21.2. The van der Waals surface area contributed by atoms with Gasteiger partial charge in [0.1, 0.15) is 0 Å². The highest BCUT2D eigenvalue weighted by Gasteiger charge is 2.36. The molecule has 3 aromatic rings. The third kappa shape index (κ3) is 4.24. The average Bonchev–Trinajstić information content (AvgIpc) is 3.20. The van der Waals surface area contributed by atoms with E-state index in [-0.39, 0.29) is 11.8 Å². The first-order valence-electron chi connectivity index (χ1n) is 10.8. The van der Waals surface area contributed by atoms with E-state index in [9.17, 15) is 4.79 Å². The second-order valence-corrected chi connectivity index (χ2v) is 8.29. The molecule has 5 rings (SSSR count). The molecule has 4 heterocycles. The SMILES string of the molecule is Cn1cc2c(n1)[C@@H](C(=O)N1CCOCC1)CN(Cc1ccc(-c3ccccn3)cc1)C2. The number of ether oxygens (including phenoxy) is 1. The summed E-state index contributed by atoms with van der Waals surface area (Å²) in [6.07, 6.45) is 3.86. The number of aryl methyl sites for hydroxylation is 1. The first-order valence-corrected chi connectivity index (χ1v) is 10.8. The maximum absolute atomic E-state index is 13.3. The van der Waals surface area contributed by atoms with Crippen LogP contribution < -0.4 is 0 Å². The molecule has 0 spiro atoms. The van der Waals surface area contributed by atoms with Crippen molar-refractivity contribution in [1.29, 1.82) is 0 Å². The summed E-state index contributed by atoms with van der Waals surface area (Å²) in [4.78, 5) is 22.0. The molecular weight excluding hydrogens is 390 g/mol. The van der Waals surface area contributed by atoms with E-state index in [4.69, 9.17) is 4.74 Å². The summed E-state index contributed by atoms with van der Waals surface area (Å²) in [6, 6.07) is 14.5. The lowest BCUT2D eigenvalue weighted by Crippen LogP contribution is -2.47. The third-order valence-corrected chi connectivity index (χ3v) is 6.04. The number of nitrogens with zero attached hydrogens (tertiary/aromatic N) is 5. The van der Waals surface area contributed by atoms with E-state index in [0.29, 0.717) is 32.8 Å². The Kier molecular flexibility index (Phi) is 5.53. The Balaban J connectivity index is 1.33. The Morgan fingerprint density at radius 3 is 2.68 bits per heavy atom. The summed E-state index contributed by atoms with van der Waals surface area (Å²) in [5.41, 5.74) is 5.39. The Labute approximate surface area is 182 Å². The number of pyridine rings is 1. The van der Waals surface area contributed by atoms with Crippen LogP contribution in [0.4, 0.5) is 0 Å². The number of aromatic nitrogens is 3. The van der Waals surface area contributed by atoms with Crippen LogP contribution in [0.25, 0.3) is 11.3 Å². The second kappa shape index (κ2) is 8.61. The van der Waals surface area contributed by atoms with Gasteiger partial charge in [-0.2, -0.15) is 5.10 Å². The molecule has 0 radical (unpaired) electrons. The lowest BCUT2D eigenvalue weighted by molar-refractivity contribution is -0.137. The Hall–Kier alpha value is -3.03. The molecule has 31 heavy (non-hydrogen) atoms. The summed E-state index contributed by atoms with van der Waals surface area (Å²) in [6.45, 7) is 4.82. The van der Waals surface area contributed by atoms with Gasteiger partial charge in [0.05, 0.1) is 30.5 Å². The average molecular weight is 418 g/mol. The van der Waals surface area contributed by atoms with Crippen molar-refractivity contribution in [2.75, 3.05) is 32.8 Å². The van der Waals surface area contributed by atoms with Crippen LogP contribution in [0.1, 0.15) is 22.7 Å². The van der Waals surface area contributed by atoms with Crippen molar-refractivity contribution in [2.24, 2.45) is 7.05 Å². The number of morpholine rings is 1. The van der Waals surface area contributed by atoms with E-state index >= 15 is 0 Å². The molecular formula is C24H27N5O2. The van der Waals surface area contributed by atoms with Gasteiger partial charge in [0.25, 0.3) is 0 Å². The van der Waals surface area contributed by atoms with Gasteiger partial charge >= 0.3 is 0 Å². The van der Waals surface area contributed by atoms with E-state index in [2.05, 4.69) is 39.2 Å². The molecule has 0 unspecified atom stereocenters. The minimum atomic E-state index is -0.226. The number of carbonyl (C=O) groups is 1. The normalized spacial score (nSPS) is 19.3. The van der Waals surface area contributed by atoms with E-state index in [0.717, 1.165) is 35.6 Å². The lowest BCUT2D eigenvalue weighted by atomic mass is 9.94. The van der Waals surface area contributed by atoms with Crippen LogP contribution in [0.15, 0.2) is 54.9 Å². The Morgan fingerprint density at radius 1 is 1.13 bits per heavy atom. The van der Waals surface area contributed by atoms with Crippen molar-refractivity contribution in [3.05, 3.63) is 71.7 Å². The van der Waals surface area contributed by atoms with Gasteiger partial charge < -0.3 is 9.64 Å². The van der Waals surface area contributed by atoms with Crippen molar-refractivity contribution in [3.8, 4) is 11.3 Å². The van der Waals surface area contributed by atoms with Crippen LogP contribution in [0.3, 0.4) is 0 Å². The minimum absolute atomic E-state index is 0.165. The molecule has 1 fully saturated rings. The smallest absolute Gasteiger partial charge is 0.233 e. The molecule has 1 atom stereocenters. The highest BCUT2D eigenvalue weighted by molar-refractivity contribution is 5.84. The van der Waals surface area contributed by atoms with Crippen LogP contribution in [0, 0.1) is 0 Å². The molecule has 2 aliphatic rings. The van der Waals surface area contributed by atoms with Crippen LogP contribution >= 0.6 is 0 Å². The van der Waals surface area contributed by atoms with Gasteiger partial charge in [0.15, 0.2) is 0 Å². The summed E-state index contributed by atoms with van der Waals surface area (Å²) in [7, 11) is 1.93. The fourth-order valence-electron chi connectivity index (χ4n) is 4.51. The Bertz CT molecular complexity index is 1040. The number of hydrogen-bond donors (Lipinski definition) is 0. The maximum atomic E-state index is 13.3. The number of rotatable bonds is 4. The summed E-state index contributed by atoms with van der Waals surface area (Å²) in [5.74, 6) is -0.0608.